The van der Waals surface area contributed by atoms with Crippen molar-refractivity contribution in [2.45, 2.75) is 26.3 Å². The van der Waals surface area contributed by atoms with E-state index in [9.17, 15) is 0 Å². The summed E-state index contributed by atoms with van der Waals surface area (Å²) < 4.78 is 1.90. The Morgan fingerprint density at radius 2 is 2.33 bits per heavy atom. The summed E-state index contributed by atoms with van der Waals surface area (Å²) >= 11 is 0. The molecule has 4 nitrogen and oxygen atoms in total. The zero-order chi connectivity index (χ0) is 10.7. The maximum Gasteiger partial charge on any atom is 0.189 e. The summed E-state index contributed by atoms with van der Waals surface area (Å²) in [5.41, 5.74) is 2.43. The van der Waals surface area contributed by atoms with Gasteiger partial charge in [0.15, 0.2) is 5.69 Å². The van der Waals surface area contributed by atoms with Gasteiger partial charge in [-0.15, -0.1) is 5.10 Å². The first-order valence-corrected chi connectivity index (χ1v) is 5.06. The molecule has 0 spiro atoms. The minimum atomic E-state index is 0.616. The summed E-state index contributed by atoms with van der Waals surface area (Å²) in [4.78, 5) is 3.37. The van der Waals surface area contributed by atoms with Crippen molar-refractivity contribution in [3.05, 3.63) is 29.6 Å². The van der Waals surface area contributed by atoms with Gasteiger partial charge < -0.3 is 0 Å². The summed E-state index contributed by atoms with van der Waals surface area (Å²) in [7, 11) is 0. The van der Waals surface area contributed by atoms with Crippen LogP contribution < -0.4 is 0 Å². The van der Waals surface area contributed by atoms with Crippen LogP contribution in [0, 0.1) is 6.57 Å². The van der Waals surface area contributed by atoms with Gasteiger partial charge in [-0.25, -0.2) is 9.53 Å². The van der Waals surface area contributed by atoms with E-state index in [0.29, 0.717) is 5.69 Å². The van der Waals surface area contributed by atoms with E-state index in [1.165, 1.54) is 0 Å². The van der Waals surface area contributed by atoms with Crippen molar-refractivity contribution in [2.75, 3.05) is 0 Å². The molecule has 0 fully saturated rings. The molecule has 0 aliphatic rings. The molecule has 2 aromatic rings. The SMILES string of the molecule is [C-]#[N+]c1ccc2c(c1)nnn2CCCC. The van der Waals surface area contributed by atoms with E-state index in [1.807, 2.05) is 10.7 Å². The number of fused-ring (bicyclic) bond motifs is 1. The summed E-state index contributed by atoms with van der Waals surface area (Å²) in [5, 5.41) is 8.12. The molecule has 2 rings (SSSR count). The fourth-order valence-corrected chi connectivity index (χ4v) is 1.50. The second kappa shape index (κ2) is 4.09. The minimum Gasteiger partial charge on any atom is -0.245 e. The van der Waals surface area contributed by atoms with Crippen molar-refractivity contribution in [2.24, 2.45) is 0 Å². The third-order valence-corrected chi connectivity index (χ3v) is 2.35. The van der Waals surface area contributed by atoms with Gasteiger partial charge >= 0.3 is 0 Å². The van der Waals surface area contributed by atoms with Crippen LogP contribution in [0.1, 0.15) is 19.8 Å². The summed E-state index contributed by atoms with van der Waals surface area (Å²) in [6, 6.07) is 5.50. The highest BCUT2D eigenvalue weighted by atomic mass is 15.4. The Labute approximate surface area is 88.3 Å². The fourth-order valence-electron chi connectivity index (χ4n) is 1.50. The predicted octanol–water partition coefficient (Wildman–Crippen LogP) is 2.78. The lowest BCUT2D eigenvalue weighted by atomic mass is 10.2. The van der Waals surface area contributed by atoms with Gasteiger partial charge in [-0.05, 0) is 18.6 Å². The van der Waals surface area contributed by atoms with Gasteiger partial charge in [0.05, 0.1) is 12.1 Å². The van der Waals surface area contributed by atoms with Gasteiger partial charge in [-0.2, -0.15) is 0 Å². The number of rotatable bonds is 3. The zero-order valence-corrected chi connectivity index (χ0v) is 8.64. The first-order valence-electron chi connectivity index (χ1n) is 5.06. The van der Waals surface area contributed by atoms with E-state index in [2.05, 4.69) is 22.1 Å². The van der Waals surface area contributed by atoms with Crippen molar-refractivity contribution < 1.29 is 0 Å². The molecule has 1 heterocycles. The average Bonchev–Trinajstić information content (AvgIpc) is 2.68. The molecule has 1 aromatic carbocycles. The van der Waals surface area contributed by atoms with Crippen LogP contribution in [0.15, 0.2) is 18.2 Å². The molecular weight excluding hydrogens is 188 g/mol. The Kier molecular flexibility index (Phi) is 2.64. The van der Waals surface area contributed by atoms with Crippen LogP contribution in [0.2, 0.25) is 0 Å². The van der Waals surface area contributed by atoms with Crippen LogP contribution in [0.25, 0.3) is 15.9 Å². The van der Waals surface area contributed by atoms with Crippen molar-refractivity contribution in [1.29, 1.82) is 0 Å². The largest absolute Gasteiger partial charge is 0.245 e. The molecule has 0 aliphatic carbocycles. The van der Waals surface area contributed by atoms with Crippen LogP contribution in [0.5, 0.6) is 0 Å². The highest BCUT2D eigenvalue weighted by Gasteiger charge is 2.04. The number of nitrogens with zero attached hydrogens (tertiary/aromatic N) is 4. The summed E-state index contributed by atoms with van der Waals surface area (Å²) in [5.74, 6) is 0. The average molecular weight is 200 g/mol. The molecule has 0 bridgehead atoms. The van der Waals surface area contributed by atoms with E-state index in [4.69, 9.17) is 6.57 Å². The highest BCUT2D eigenvalue weighted by molar-refractivity contribution is 5.78. The lowest BCUT2D eigenvalue weighted by Gasteiger charge is -1.99. The van der Waals surface area contributed by atoms with Crippen LogP contribution in [-0.2, 0) is 6.54 Å². The van der Waals surface area contributed by atoms with Crippen molar-refractivity contribution in [1.82, 2.24) is 15.0 Å². The van der Waals surface area contributed by atoms with Crippen LogP contribution in [-0.4, -0.2) is 15.0 Å². The lowest BCUT2D eigenvalue weighted by molar-refractivity contribution is 0.567. The lowest BCUT2D eigenvalue weighted by Crippen LogP contribution is -1.99. The standard InChI is InChI=1S/C11H12N4/c1-3-4-7-15-11-6-5-9(12-2)8-10(11)13-14-15/h5-6,8H,3-4,7H2,1H3. The van der Waals surface area contributed by atoms with Crippen molar-refractivity contribution >= 4 is 16.7 Å². The van der Waals surface area contributed by atoms with Gasteiger partial charge in [0.25, 0.3) is 0 Å². The number of aromatic nitrogens is 3. The molecule has 4 heteroatoms. The Morgan fingerprint density at radius 1 is 1.47 bits per heavy atom. The zero-order valence-electron chi connectivity index (χ0n) is 8.64. The Balaban J connectivity index is 2.39. The molecule has 0 saturated heterocycles. The number of unbranched alkanes of at least 4 members (excludes halogenated alkanes) is 1. The Hall–Kier alpha value is -1.89. The summed E-state index contributed by atoms with van der Waals surface area (Å²) in [6.07, 6.45) is 2.24. The van der Waals surface area contributed by atoms with Crippen molar-refractivity contribution in [3.63, 3.8) is 0 Å². The monoisotopic (exact) mass is 200 g/mol. The Morgan fingerprint density at radius 3 is 3.07 bits per heavy atom. The number of benzene rings is 1. The first-order chi connectivity index (χ1) is 7.35. The highest BCUT2D eigenvalue weighted by Crippen LogP contribution is 2.19. The van der Waals surface area contributed by atoms with E-state index >= 15 is 0 Å². The Bertz CT molecular complexity index is 507. The topological polar surface area (TPSA) is 35.1 Å². The maximum atomic E-state index is 6.91. The molecule has 76 valence electrons. The molecule has 15 heavy (non-hydrogen) atoms. The van der Waals surface area contributed by atoms with Gasteiger partial charge in [0.2, 0.25) is 0 Å². The smallest absolute Gasteiger partial charge is 0.189 e. The van der Waals surface area contributed by atoms with E-state index in [1.54, 1.807) is 12.1 Å². The summed E-state index contributed by atoms with van der Waals surface area (Å²) in [6.45, 7) is 9.95. The quantitative estimate of drug-likeness (QED) is 0.714. The van der Waals surface area contributed by atoms with Crippen LogP contribution >= 0.6 is 0 Å². The predicted molar refractivity (Wildman–Crippen MR) is 58.7 cm³/mol. The van der Waals surface area contributed by atoms with Gasteiger partial charge in [0, 0.05) is 6.54 Å². The van der Waals surface area contributed by atoms with Gasteiger partial charge in [-0.1, -0.05) is 24.6 Å². The number of hydrogen-bond donors (Lipinski definition) is 0. The van der Waals surface area contributed by atoms with Crippen LogP contribution in [0.3, 0.4) is 0 Å². The molecule has 0 atom stereocenters. The maximum absolute atomic E-state index is 6.91. The third-order valence-electron chi connectivity index (χ3n) is 2.35. The van der Waals surface area contributed by atoms with Gasteiger partial charge in [-0.3, -0.25) is 0 Å². The third kappa shape index (κ3) is 1.82. The first kappa shape index (κ1) is 9.66. The number of hydrogen-bond acceptors (Lipinski definition) is 2. The van der Waals surface area contributed by atoms with E-state index in [-0.39, 0.29) is 0 Å². The second-order valence-electron chi connectivity index (χ2n) is 3.45. The molecule has 1 aromatic heterocycles. The molecule has 0 unspecified atom stereocenters. The van der Waals surface area contributed by atoms with E-state index in [0.717, 1.165) is 30.4 Å². The second-order valence-corrected chi connectivity index (χ2v) is 3.45. The molecular formula is C11H12N4. The number of aryl methyl sites for hydroxylation is 1. The van der Waals surface area contributed by atoms with E-state index < -0.39 is 0 Å². The van der Waals surface area contributed by atoms with Crippen molar-refractivity contribution in [3.8, 4) is 0 Å². The van der Waals surface area contributed by atoms with Gasteiger partial charge in [0.1, 0.15) is 5.52 Å². The molecule has 0 saturated carbocycles. The minimum absolute atomic E-state index is 0.616. The molecule has 0 N–H and O–H groups in total. The fraction of sp³-hybridized carbons (Fsp3) is 0.364. The normalized spacial score (nSPS) is 10.4. The van der Waals surface area contributed by atoms with Crippen LogP contribution in [0.4, 0.5) is 5.69 Å². The molecule has 0 amide bonds. The molecule has 0 radical (unpaired) electrons. The molecule has 0 aliphatic heterocycles.